The minimum atomic E-state index is -0.455. The van der Waals surface area contributed by atoms with Crippen LogP contribution in [0, 0.1) is 5.92 Å². The van der Waals surface area contributed by atoms with Crippen LogP contribution in [0.5, 0.6) is 0 Å². The zero-order chi connectivity index (χ0) is 21.0. The standard InChI is InChI=1S/C24H29BrN2O2/c1-16(2)12-23(28)27-15-20-7-5-4-6-19(20)14-22(27)24(29)26-17(3)13-18-8-10-21(25)11-9-18/h4-11,16-17,22H,12-15H2,1-3H3,(H,26,29). The number of nitrogens with zero attached hydrogens (tertiary/aromatic N) is 1. The van der Waals surface area contributed by atoms with Gasteiger partial charge in [0.2, 0.25) is 11.8 Å². The summed E-state index contributed by atoms with van der Waals surface area (Å²) in [7, 11) is 0. The molecule has 154 valence electrons. The highest BCUT2D eigenvalue weighted by Crippen LogP contribution is 2.25. The quantitative estimate of drug-likeness (QED) is 0.695. The molecular formula is C24H29BrN2O2. The number of fused-ring (bicyclic) bond motifs is 1. The molecule has 2 atom stereocenters. The molecule has 2 aromatic rings. The summed E-state index contributed by atoms with van der Waals surface area (Å²) in [5.74, 6) is 0.246. The first-order chi connectivity index (χ1) is 13.8. The monoisotopic (exact) mass is 456 g/mol. The van der Waals surface area contributed by atoms with Gasteiger partial charge in [-0.1, -0.05) is 66.2 Å². The number of carbonyl (C=O) groups is 2. The molecule has 4 nitrogen and oxygen atoms in total. The van der Waals surface area contributed by atoms with Crippen LogP contribution in [0.1, 0.15) is 43.9 Å². The first-order valence-corrected chi connectivity index (χ1v) is 11.0. The number of hydrogen-bond acceptors (Lipinski definition) is 2. The highest BCUT2D eigenvalue weighted by Gasteiger charge is 2.34. The van der Waals surface area contributed by atoms with Crippen molar-refractivity contribution < 1.29 is 9.59 Å². The minimum Gasteiger partial charge on any atom is -0.352 e. The van der Waals surface area contributed by atoms with Gasteiger partial charge in [-0.25, -0.2) is 0 Å². The van der Waals surface area contributed by atoms with E-state index in [1.165, 1.54) is 5.56 Å². The zero-order valence-electron chi connectivity index (χ0n) is 17.3. The van der Waals surface area contributed by atoms with Gasteiger partial charge in [0.05, 0.1) is 0 Å². The second-order valence-corrected chi connectivity index (χ2v) is 9.26. The lowest BCUT2D eigenvalue weighted by molar-refractivity contribution is -0.142. The second-order valence-electron chi connectivity index (χ2n) is 8.35. The zero-order valence-corrected chi connectivity index (χ0v) is 18.9. The summed E-state index contributed by atoms with van der Waals surface area (Å²) in [6.45, 7) is 6.58. The van der Waals surface area contributed by atoms with Gasteiger partial charge >= 0.3 is 0 Å². The van der Waals surface area contributed by atoms with Gasteiger partial charge in [0.15, 0.2) is 0 Å². The van der Waals surface area contributed by atoms with Gasteiger partial charge in [0, 0.05) is 29.9 Å². The third kappa shape index (κ3) is 5.69. The van der Waals surface area contributed by atoms with Crippen LogP contribution in [-0.4, -0.2) is 28.8 Å². The van der Waals surface area contributed by atoms with Crippen molar-refractivity contribution in [1.82, 2.24) is 10.2 Å². The van der Waals surface area contributed by atoms with E-state index in [0.717, 1.165) is 22.0 Å². The Morgan fingerprint density at radius 2 is 1.72 bits per heavy atom. The summed E-state index contributed by atoms with van der Waals surface area (Å²) in [4.78, 5) is 27.8. The Kier molecular flexibility index (Phi) is 7.12. The van der Waals surface area contributed by atoms with Crippen LogP contribution in [0.2, 0.25) is 0 Å². The Morgan fingerprint density at radius 3 is 2.38 bits per heavy atom. The summed E-state index contributed by atoms with van der Waals surface area (Å²) >= 11 is 3.45. The summed E-state index contributed by atoms with van der Waals surface area (Å²) in [6.07, 6.45) is 1.78. The summed E-state index contributed by atoms with van der Waals surface area (Å²) in [5, 5.41) is 3.14. The lowest BCUT2D eigenvalue weighted by atomic mass is 9.92. The Labute approximate surface area is 181 Å². The highest BCUT2D eigenvalue weighted by molar-refractivity contribution is 9.10. The first kappa shape index (κ1) is 21.6. The Balaban J connectivity index is 1.72. The molecule has 5 heteroatoms. The molecule has 3 rings (SSSR count). The lowest BCUT2D eigenvalue weighted by Gasteiger charge is -2.37. The number of benzene rings is 2. The van der Waals surface area contributed by atoms with Gasteiger partial charge < -0.3 is 10.2 Å². The van der Waals surface area contributed by atoms with Crippen LogP contribution >= 0.6 is 15.9 Å². The molecule has 1 aliphatic rings. The van der Waals surface area contributed by atoms with E-state index in [4.69, 9.17) is 0 Å². The fourth-order valence-corrected chi connectivity index (χ4v) is 4.11. The Morgan fingerprint density at radius 1 is 1.07 bits per heavy atom. The summed E-state index contributed by atoms with van der Waals surface area (Å²) < 4.78 is 1.04. The average Bonchev–Trinajstić information content (AvgIpc) is 2.68. The van der Waals surface area contributed by atoms with Crippen molar-refractivity contribution in [2.75, 3.05) is 0 Å². The van der Waals surface area contributed by atoms with E-state index in [1.807, 2.05) is 45.0 Å². The Hall–Kier alpha value is -2.14. The molecule has 0 aromatic heterocycles. The molecule has 0 radical (unpaired) electrons. The number of rotatable bonds is 6. The van der Waals surface area contributed by atoms with E-state index in [0.29, 0.717) is 19.4 Å². The van der Waals surface area contributed by atoms with Gasteiger partial charge in [-0.2, -0.15) is 0 Å². The molecule has 0 saturated heterocycles. The van der Waals surface area contributed by atoms with Crippen LogP contribution in [0.4, 0.5) is 0 Å². The summed E-state index contributed by atoms with van der Waals surface area (Å²) in [6, 6.07) is 15.8. The van der Waals surface area contributed by atoms with Crippen molar-refractivity contribution in [3.05, 3.63) is 69.7 Å². The number of hydrogen-bond donors (Lipinski definition) is 1. The van der Waals surface area contributed by atoms with Crippen molar-refractivity contribution >= 4 is 27.7 Å². The molecule has 2 aromatic carbocycles. The average molecular weight is 457 g/mol. The molecule has 0 bridgehead atoms. The number of carbonyl (C=O) groups excluding carboxylic acids is 2. The molecule has 2 unspecified atom stereocenters. The Bertz CT molecular complexity index is 863. The molecule has 0 spiro atoms. The van der Waals surface area contributed by atoms with Crippen LogP contribution in [0.3, 0.4) is 0 Å². The van der Waals surface area contributed by atoms with Crippen LogP contribution < -0.4 is 5.32 Å². The van der Waals surface area contributed by atoms with Crippen molar-refractivity contribution in [3.8, 4) is 0 Å². The first-order valence-electron chi connectivity index (χ1n) is 10.2. The molecule has 0 fully saturated rings. The maximum atomic E-state index is 13.2. The van der Waals surface area contributed by atoms with E-state index in [2.05, 4.69) is 45.5 Å². The van der Waals surface area contributed by atoms with Crippen molar-refractivity contribution in [3.63, 3.8) is 0 Å². The van der Waals surface area contributed by atoms with E-state index in [9.17, 15) is 9.59 Å². The third-order valence-electron chi connectivity index (χ3n) is 5.30. The van der Waals surface area contributed by atoms with E-state index in [-0.39, 0.29) is 23.8 Å². The third-order valence-corrected chi connectivity index (χ3v) is 5.83. The van der Waals surface area contributed by atoms with Gasteiger partial charge in [0.1, 0.15) is 6.04 Å². The minimum absolute atomic E-state index is 0.0112. The van der Waals surface area contributed by atoms with E-state index >= 15 is 0 Å². The van der Waals surface area contributed by atoms with Gasteiger partial charge in [-0.05, 0) is 48.1 Å². The predicted molar refractivity (Wildman–Crippen MR) is 119 cm³/mol. The maximum Gasteiger partial charge on any atom is 0.243 e. The normalized spacial score (nSPS) is 17.0. The lowest BCUT2D eigenvalue weighted by Crippen LogP contribution is -2.54. The van der Waals surface area contributed by atoms with Crippen molar-refractivity contribution in [1.29, 1.82) is 0 Å². The molecular weight excluding hydrogens is 428 g/mol. The molecule has 0 saturated carbocycles. The van der Waals surface area contributed by atoms with E-state index < -0.39 is 6.04 Å². The largest absolute Gasteiger partial charge is 0.352 e. The van der Waals surface area contributed by atoms with Crippen molar-refractivity contribution in [2.45, 2.75) is 58.7 Å². The second kappa shape index (κ2) is 9.57. The number of halogens is 1. The number of amides is 2. The van der Waals surface area contributed by atoms with Crippen LogP contribution in [-0.2, 0) is 29.0 Å². The smallest absolute Gasteiger partial charge is 0.243 e. The van der Waals surface area contributed by atoms with Crippen LogP contribution in [0.25, 0.3) is 0 Å². The maximum absolute atomic E-state index is 13.2. The van der Waals surface area contributed by atoms with Gasteiger partial charge in [-0.3, -0.25) is 9.59 Å². The fourth-order valence-electron chi connectivity index (χ4n) is 3.85. The van der Waals surface area contributed by atoms with Gasteiger partial charge in [0.25, 0.3) is 0 Å². The highest BCUT2D eigenvalue weighted by atomic mass is 79.9. The predicted octanol–water partition coefficient (Wildman–Crippen LogP) is 4.50. The van der Waals surface area contributed by atoms with Gasteiger partial charge in [-0.15, -0.1) is 0 Å². The van der Waals surface area contributed by atoms with Crippen LogP contribution in [0.15, 0.2) is 53.0 Å². The van der Waals surface area contributed by atoms with E-state index in [1.54, 1.807) is 4.90 Å². The fraction of sp³-hybridized carbons (Fsp3) is 0.417. The van der Waals surface area contributed by atoms with Crippen molar-refractivity contribution in [2.24, 2.45) is 5.92 Å². The molecule has 1 aliphatic heterocycles. The molecule has 29 heavy (non-hydrogen) atoms. The number of nitrogens with one attached hydrogen (secondary N) is 1. The SMILES string of the molecule is CC(C)CC(=O)N1Cc2ccccc2CC1C(=O)NC(C)Cc1ccc(Br)cc1. The molecule has 0 aliphatic carbocycles. The topological polar surface area (TPSA) is 49.4 Å². The molecule has 1 N–H and O–H groups in total. The molecule has 2 amide bonds. The molecule has 1 heterocycles. The summed E-state index contributed by atoms with van der Waals surface area (Å²) in [5.41, 5.74) is 3.46.